The lowest BCUT2D eigenvalue weighted by atomic mass is 10.0. The maximum Gasteiger partial charge on any atom is 0.225 e. The molecule has 1 fully saturated rings. The highest BCUT2D eigenvalue weighted by Crippen LogP contribution is 2.60. The molecule has 1 aromatic heterocycles. The van der Waals surface area contributed by atoms with Crippen LogP contribution in [0.1, 0.15) is 40.2 Å². The van der Waals surface area contributed by atoms with Crippen molar-refractivity contribution in [1.82, 2.24) is 4.98 Å². The number of fused-ring (bicyclic) bond motifs is 4. The van der Waals surface area contributed by atoms with Crippen molar-refractivity contribution >= 4 is 17.5 Å². The first-order valence-electron chi connectivity index (χ1n) is 10.6. The first kappa shape index (κ1) is 19.0. The van der Waals surface area contributed by atoms with E-state index in [1.807, 2.05) is 18.2 Å². The predicted octanol–water partition coefficient (Wildman–Crippen LogP) is 4.65. The van der Waals surface area contributed by atoms with Gasteiger partial charge in [-0.05, 0) is 42.8 Å². The number of amides is 1. The summed E-state index contributed by atoms with van der Waals surface area (Å²) in [4.78, 5) is 28.4. The Morgan fingerprint density at radius 2 is 2.06 bits per heavy atom. The van der Waals surface area contributed by atoms with Crippen LogP contribution in [0.2, 0.25) is 0 Å². The Morgan fingerprint density at radius 1 is 1.19 bits per heavy atom. The van der Waals surface area contributed by atoms with E-state index in [0.717, 1.165) is 16.9 Å². The molecule has 1 N–H and O–H groups in total. The van der Waals surface area contributed by atoms with E-state index in [9.17, 15) is 14.0 Å². The molecule has 1 amide bonds. The van der Waals surface area contributed by atoms with Crippen LogP contribution in [0.5, 0.6) is 17.2 Å². The van der Waals surface area contributed by atoms with Gasteiger partial charge in [0.2, 0.25) is 5.91 Å². The number of aromatic nitrogens is 1. The van der Waals surface area contributed by atoms with E-state index in [2.05, 4.69) is 10.3 Å². The third kappa shape index (κ3) is 3.12. The number of nitrogens with one attached hydrogen (secondary N) is 1. The van der Waals surface area contributed by atoms with Crippen LogP contribution in [0.4, 0.5) is 10.2 Å². The molecule has 2 aromatic carbocycles. The monoisotopic (exact) mass is 430 g/mol. The maximum absolute atomic E-state index is 13.9. The summed E-state index contributed by atoms with van der Waals surface area (Å²) in [6, 6.07) is 13.5. The van der Waals surface area contributed by atoms with E-state index >= 15 is 0 Å². The average Bonchev–Trinajstić information content (AvgIpc) is 3.30. The fraction of sp³-hybridized carbons (Fsp3) is 0.240. The Kier molecular flexibility index (Phi) is 4.24. The van der Waals surface area contributed by atoms with Gasteiger partial charge in [0, 0.05) is 42.0 Å². The fourth-order valence-corrected chi connectivity index (χ4v) is 4.75. The van der Waals surface area contributed by atoms with Crippen LogP contribution in [0.3, 0.4) is 0 Å². The number of halogens is 1. The van der Waals surface area contributed by atoms with Gasteiger partial charge in [0.15, 0.2) is 5.78 Å². The van der Waals surface area contributed by atoms with Crippen molar-refractivity contribution in [1.29, 1.82) is 0 Å². The lowest BCUT2D eigenvalue weighted by Crippen LogP contribution is -2.20. The van der Waals surface area contributed by atoms with Gasteiger partial charge in [-0.1, -0.05) is 12.1 Å². The summed E-state index contributed by atoms with van der Waals surface area (Å²) in [5.74, 6) is 2.05. The molecule has 0 spiro atoms. The molecular weight excluding hydrogens is 411 g/mol. The van der Waals surface area contributed by atoms with E-state index < -0.39 is 5.82 Å². The van der Waals surface area contributed by atoms with E-state index in [-0.39, 0.29) is 41.6 Å². The largest absolute Gasteiger partial charge is 0.489 e. The summed E-state index contributed by atoms with van der Waals surface area (Å²) in [5.41, 5.74) is 2.01. The highest BCUT2D eigenvalue weighted by Gasteiger charge is 2.59. The molecule has 7 heteroatoms. The summed E-state index contributed by atoms with van der Waals surface area (Å²) in [5, 5.41) is 2.77. The molecule has 6 nitrogen and oxygen atoms in total. The number of benzene rings is 2. The summed E-state index contributed by atoms with van der Waals surface area (Å²) in [6.07, 6.45) is 2.77. The molecule has 1 aliphatic carbocycles. The van der Waals surface area contributed by atoms with Crippen LogP contribution in [-0.4, -0.2) is 22.8 Å². The summed E-state index contributed by atoms with van der Waals surface area (Å²) < 4.78 is 26.1. The van der Waals surface area contributed by atoms with Gasteiger partial charge in [-0.15, -0.1) is 0 Å². The number of ether oxygens (including phenoxy) is 2. The lowest BCUT2D eigenvalue weighted by Gasteiger charge is -2.19. The summed E-state index contributed by atoms with van der Waals surface area (Å²) in [6.45, 7) is 0. The molecule has 1 saturated carbocycles. The zero-order chi connectivity index (χ0) is 21.8. The van der Waals surface area contributed by atoms with Crippen LogP contribution >= 0.6 is 0 Å². The zero-order valence-electron chi connectivity index (χ0n) is 17.0. The van der Waals surface area contributed by atoms with Gasteiger partial charge in [0.1, 0.15) is 35.0 Å². The number of rotatable bonds is 5. The van der Waals surface area contributed by atoms with Gasteiger partial charge in [0.25, 0.3) is 0 Å². The van der Waals surface area contributed by atoms with Crippen LogP contribution in [0.25, 0.3) is 0 Å². The predicted molar refractivity (Wildman–Crippen MR) is 114 cm³/mol. The van der Waals surface area contributed by atoms with Crippen LogP contribution in [0, 0.1) is 11.7 Å². The molecule has 3 heterocycles. The minimum absolute atomic E-state index is 0.0359. The number of carbonyl (C=O) groups excluding carboxylic acids is 2. The molecular formula is C25H19FN2O4. The molecule has 0 radical (unpaired) electrons. The van der Waals surface area contributed by atoms with Gasteiger partial charge < -0.3 is 14.8 Å². The minimum atomic E-state index is -0.489. The lowest BCUT2D eigenvalue weighted by molar-refractivity contribution is -0.116. The number of hydrogen-bond acceptors (Lipinski definition) is 5. The Morgan fingerprint density at radius 3 is 2.94 bits per heavy atom. The van der Waals surface area contributed by atoms with E-state index in [4.69, 9.17) is 9.47 Å². The second-order valence-electron chi connectivity index (χ2n) is 8.37. The normalized spacial score (nSPS) is 22.2. The number of carbonyl (C=O) groups is 2. The van der Waals surface area contributed by atoms with Gasteiger partial charge in [-0.25, -0.2) is 9.37 Å². The number of anilines is 1. The maximum atomic E-state index is 13.9. The molecule has 32 heavy (non-hydrogen) atoms. The molecule has 0 saturated heterocycles. The van der Waals surface area contributed by atoms with Crippen LogP contribution < -0.4 is 14.8 Å². The molecule has 2 aliphatic heterocycles. The highest BCUT2D eigenvalue weighted by molar-refractivity contribution is 5.97. The van der Waals surface area contributed by atoms with Crippen molar-refractivity contribution in [3.63, 3.8) is 0 Å². The highest BCUT2D eigenvalue weighted by atomic mass is 19.1. The number of pyridine rings is 1. The van der Waals surface area contributed by atoms with Crippen molar-refractivity contribution in [2.24, 2.45) is 5.92 Å². The first-order chi connectivity index (χ1) is 15.6. The number of nitrogens with zero attached hydrogens (tertiary/aromatic N) is 1. The first-order valence-corrected chi connectivity index (χ1v) is 10.6. The van der Waals surface area contributed by atoms with Crippen molar-refractivity contribution in [3.8, 4) is 17.2 Å². The van der Waals surface area contributed by atoms with E-state index in [1.54, 1.807) is 24.4 Å². The zero-order valence-corrected chi connectivity index (χ0v) is 17.0. The standard InChI is InChI=1S/C25H19FN2O4/c26-18-4-2-1-3-14(18)19(29)12-17-23-16-11-13(5-7-20(16)32-24(17)23)31-21-9-10-27-25-15(21)6-8-22(30)28-25/h1-5,7,9-11,17,23-24H,6,8,12H2,(H,27,28,30)/t17-,23-,24+/m0/s1. The summed E-state index contributed by atoms with van der Waals surface area (Å²) >= 11 is 0. The molecule has 0 bridgehead atoms. The number of Topliss-reactive ketones (excluding diaryl/α,β-unsaturated/α-hetero) is 1. The Balaban J connectivity index is 1.20. The van der Waals surface area contributed by atoms with Gasteiger partial charge in [-0.3, -0.25) is 9.59 Å². The van der Waals surface area contributed by atoms with Gasteiger partial charge >= 0.3 is 0 Å². The third-order valence-electron chi connectivity index (χ3n) is 6.40. The van der Waals surface area contributed by atoms with E-state index in [1.165, 1.54) is 12.1 Å². The second-order valence-corrected chi connectivity index (χ2v) is 8.37. The summed E-state index contributed by atoms with van der Waals surface area (Å²) in [7, 11) is 0. The van der Waals surface area contributed by atoms with Crippen LogP contribution in [-0.2, 0) is 11.2 Å². The third-order valence-corrected chi connectivity index (χ3v) is 6.40. The molecule has 6 rings (SSSR count). The Bertz CT molecular complexity index is 1270. The van der Waals surface area contributed by atoms with Crippen molar-refractivity contribution in [2.45, 2.75) is 31.3 Å². The van der Waals surface area contributed by atoms with Crippen LogP contribution in [0.15, 0.2) is 54.7 Å². The molecule has 0 unspecified atom stereocenters. The number of hydrogen-bond donors (Lipinski definition) is 1. The number of ketones is 1. The fourth-order valence-electron chi connectivity index (χ4n) is 4.75. The molecule has 3 atom stereocenters. The smallest absolute Gasteiger partial charge is 0.225 e. The van der Waals surface area contributed by atoms with Crippen molar-refractivity contribution in [2.75, 3.05) is 5.32 Å². The van der Waals surface area contributed by atoms with Gasteiger partial charge in [-0.2, -0.15) is 0 Å². The molecule has 160 valence electrons. The Hall–Kier alpha value is -3.74. The Labute approximate surface area is 183 Å². The van der Waals surface area contributed by atoms with E-state index in [0.29, 0.717) is 30.2 Å². The SMILES string of the molecule is O=C1CCc2c(Oc3ccc4c(c3)[C@H]3[C@H](CC(=O)c5ccccc5F)[C@H]3O4)ccnc2N1. The topological polar surface area (TPSA) is 77.5 Å². The molecule has 3 aliphatic rings. The quantitative estimate of drug-likeness (QED) is 0.597. The second kappa shape index (κ2) is 7.15. The van der Waals surface area contributed by atoms with Gasteiger partial charge in [0.05, 0.1) is 5.56 Å². The molecule has 3 aromatic rings. The van der Waals surface area contributed by atoms with Crippen molar-refractivity contribution < 1.29 is 23.5 Å². The average molecular weight is 430 g/mol. The van der Waals surface area contributed by atoms with Crippen molar-refractivity contribution in [3.05, 3.63) is 77.2 Å². The minimum Gasteiger partial charge on any atom is -0.489 e.